The summed E-state index contributed by atoms with van der Waals surface area (Å²) in [4.78, 5) is 0. The van der Waals surface area contributed by atoms with Crippen LogP contribution in [0.5, 0.6) is 0 Å². The van der Waals surface area contributed by atoms with Crippen molar-refractivity contribution >= 4 is 78.2 Å². The van der Waals surface area contributed by atoms with Crippen LogP contribution in [0.3, 0.4) is 0 Å². The van der Waals surface area contributed by atoms with Crippen LogP contribution in [-0.2, 0) is 0 Å². The van der Waals surface area contributed by atoms with E-state index in [1.54, 1.807) is 0 Å². The SMILES string of the molecule is [Al].[Ca+2].[Mg+2].[OH-].[OH-].[OH-].[OH-].[OH-].[OH-].[OH-]. The molecule has 0 amide bonds. The van der Waals surface area contributed by atoms with Gasteiger partial charge in [0.25, 0.3) is 0 Å². The Bertz CT molecular complexity index is 13.6. The summed E-state index contributed by atoms with van der Waals surface area (Å²) in [5, 5.41) is 0. The second-order valence-corrected chi connectivity index (χ2v) is 0. The van der Waals surface area contributed by atoms with Gasteiger partial charge in [-0.1, -0.05) is 0 Å². The summed E-state index contributed by atoms with van der Waals surface area (Å²) in [6, 6.07) is 0. The molecule has 7 nitrogen and oxygen atoms in total. The molecular formula is H7AlCaMgO7-3. The molecule has 0 saturated carbocycles. The van der Waals surface area contributed by atoms with Gasteiger partial charge in [-0.2, -0.15) is 0 Å². The van der Waals surface area contributed by atoms with Crippen molar-refractivity contribution in [3.8, 4) is 0 Å². The summed E-state index contributed by atoms with van der Waals surface area (Å²) >= 11 is 0. The van der Waals surface area contributed by atoms with Crippen molar-refractivity contribution in [2.24, 2.45) is 0 Å². The molecule has 0 rings (SSSR count). The summed E-state index contributed by atoms with van der Waals surface area (Å²) in [7, 11) is 0. The van der Waals surface area contributed by atoms with Crippen LogP contribution in [0.15, 0.2) is 0 Å². The van der Waals surface area contributed by atoms with Crippen molar-refractivity contribution in [3.63, 3.8) is 0 Å². The first-order valence-corrected chi connectivity index (χ1v) is 0. The normalized spacial score (nSPS) is 0. The van der Waals surface area contributed by atoms with Gasteiger partial charge in [-0.15, -0.1) is 0 Å². The maximum Gasteiger partial charge on any atom is 2.00 e. The van der Waals surface area contributed by atoms with Crippen LogP contribution in [0, 0.1) is 0 Å². The van der Waals surface area contributed by atoms with Crippen LogP contribution in [0.4, 0.5) is 0 Å². The summed E-state index contributed by atoms with van der Waals surface area (Å²) in [6.07, 6.45) is 0. The molecule has 3 radical (unpaired) electrons. The number of hydrogen-bond acceptors (Lipinski definition) is 7. The van der Waals surface area contributed by atoms with Gasteiger partial charge in [0.05, 0.1) is 0 Å². The minimum atomic E-state index is 0. The largest absolute Gasteiger partial charge is 2.00 e. The average Bonchev–Trinajstić information content (AvgIpc) is 0. The zero-order valence-electron chi connectivity index (χ0n) is 5.12. The Morgan fingerprint density at radius 3 is 0.400 bits per heavy atom. The molecule has 0 heterocycles. The first kappa shape index (κ1) is 301. The van der Waals surface area contributed by atoms with E-state index in [-0.39, 0.29) is 116 Å². The molecule has 0 fully saturated rings. The van der Waals surface area contributed by atoms with Crippen LogP contribution in [0.2, 0.25) is 0 Å². The van der Waals surface area contributed by atoms with E-state index in [0.29, 0.717) is 0 Å². The van der Waals surface area contributed by atoms with E-state index in [1.807, 2.05) is 0 Å². The van der Waals surface area contributed by atoms with E-state index in [1.165, 1.54) is 0 Å². The Balaban J connectivity index is 0. The van der Waals surface area contributed by atoms with Gasteiger partial charge in [0.15, 0.2) is 0 Å². The van der Waals surface area contributed by atoms with Gasteiger partial charge >= 0.3 is 60.8 Å². The van der Waals surface area contributed by atoms with Crippen molar-refractivity contribution in [2.75, 3.05) is 0 Å². The molecule has 0 bridgehead atoms. The van der Waals surface area contributed by atoms with Crippen LogP contribution < -0.4 is 0 Å². The molecule has 0 aromatic rings. The van der Waals surface area contributed by atoms with Crippen molar-refractivity contribution in [1.82, 2.24) is 0 Å². The van der Waals surface area contributed by atoms with E-state index in [2.05, 4.69) is 0 Å². The van der Waals surface area contributed by atoms with E-state index >= 15 is 0 Å². The molecule has 10 heavy (non-hydrogen) atoms. The van der Waals surface area contributed by atoms with E-state index < -0.39 is 0 Å². The predicted molar refractivity (Wildman–Crippen MR) is 30.8 cm³/mol. The quantitative estimate of drug-likeness (QED) is 0.395. The smallest absolute Gasteiger partial charge is 0.870 e. The van der Waals surface area contributed by atoms with Crippen LogP contribution >= 0.6 is 0 Å². The van der Waals surface area contributed by atoms with Crippen LogP contribution in [0.25, 0.3) is 0 Å². The van der Waals surface area contributed by atoms with Crippen LogP contribution in [0.1, 0.15) is 0 Å². The maximum atomic E-state index is 0. The molecule has 0 aliphatic rings. The molecule has 0 saturated heterocycles. The molecule has 0 aromatic heterocycles. The van der Waals surface area contributed by atoms with Crippen molar-refractivity contribution in [2.45, 2.75) is 0 Å². The van der Waals surface area contributed by atoms with E-state index in [9.17, 15) is 0 Å². The molecule has 0 aliphatic carbocycles. The first-order valence-electron chi connectivity index (χ1n) is 0. The summed E-state index contributed by atoms with van der Waals surface area (Å²) in [5.41, 5.74) is 0. The summed E-state index contributed by atoms with van der Waals surface area (Å²) in [6.45, 7) is 0. The molecule has 0 atom stereocenters. The number of hydrogen-bond donors (Lipinski definition) is 0. The molecule has 0 unspecified atom stereocenters. The fourth-order valence-electron chi connectivity index (χ4n) is 0. The Kier molecular flexibility index (Phi) is 6910. The zero-order valence-corrected chi connectivity index (χ0v) is 9.90. The number of rotatable bonds is 0. The third-order valence-corrected chi connectivity index (χ3v) is 0. The Morgan fingerprint density at radius 2 is 0.400 bits per heavy atom. The van der Waals surface area contributed by atoms with Gasteiger partial charge in [-0.05, 0) is 0 Å². The molecule has 10 heteroatoms. The molecular weight excluding hydrogens is 203 g/mol. The molecule has 0 aromatic carbocycles. The Hall–Kier alpha value is 2.28. The Labute approximate surface area is 115 Å². The average molecular weight is 210 g/mol. The minimum absolute atomic E-state index is 0. The topological polar surface area (TPSA) is 210 Å². The predicted octanol–water partition coefficient (Wildman–Crippen LogP) is -2.38. The fraction of sp³-hybridized carbons (Fsp3) is 0. The third-order valence-electron chi connectivity index (χ3n) is 0. The monoisotopic (exact) mass is 210 g/mol. The van der Waals surface area contributed by atoms with Gasteiger partial charge in [0, 0.05) is 17.4 Å². The van der Waals surface area contributed by atoms with E-state index in [0.717, 1.165) is 0 Å². The van der Waals surface area contributed by atoms with Crippen molar-refractivity contribution < 1.29 is 38.3 Å². The zero-order chi connectivity index (χ0) is 0. The van der Waals surface area contributed by atoms with Gasteiger partial charge in [-0.25, -0.2) is 0 Å². The van der Waals surface area contributed by atoms with Gasteiger partial charge < -0.3 is 38.3 Å². The summed E-state index contributed by atoms with van der Waals surface area (Å²) < 4.78 is 0. The maximum absolute atomic E-state index is 0. The first-order chi connectivity index (χ1) is 0. The second kappa shape index (κ2) is 230. The van der Waals surface area contributed by atoms with Crippen LogP contribution in [-0.4, -0.2) is 116 Å². The third kappa shape index (κ3) is 170. The Morgan fingerprint density at radius 1 is 0.400 bits per heavy atom. The summed E-state index contributed by atoms with van der Waals surface area (Å²) in [5.74, 6) is 0. The molecule has 59 valence electrons. The minimum Gasteiger partial charge on any atom is -0.870 e. The van der Waals surface area contributed by atoms with Gasteiger partial charge in [-0.3, -0.25) is 0 Å². The molecule has 0 spiro atoms. The molecule has 0 aliphatic heterocycles. The van der Waals surface area contributed by atoms with Gasteiger partial charge in [0.1, 0.15) is 0 Å². The fourth-order valence-corrected chi connectivity index (χ4v) is 0. The second-order valence-electron chi connectivity index (χ2n) is 0. The standard InChI is InChI=1S/Al.Ca.Mg.7H2O/h;;;7*1H2/q;2*+2;;;;;;;/p-7. The van der Waals surface area contributed by atoms with Gasteiger partial charge in [0.2, 0.25) is 0 Å². The van der Waals surface area contributed by atoms with Crippen molar-refractivity contribution in [3.05, 3.63) is 0 Å². The van der Waals surface area contributed by atoms with Crippen molar-refractivity contribution in [1.29, 1.82) is 0 Å². The molecule has 7 N–H and O–H groups in total. The van der Waals surface area contributed by atoms with E-state index in [4.69, 9.17) is 0 Å².